The molecule has 0 spiro atoms. The zero-order valence-corrected chi connectivity index (χ0v) is 34.5. The Labute approximate surface area is 319 Å². The second kappa shape index (κ2) is 41.8. The second-order valence-electron chi connectivity index (χ2n) is 16.0. The molecule has 0 fully saturated rings. The molecule has 0 aliphatic carbocycles. The van der Waals surface area contributed by atoms with Gasteiger partial charge < -0.3 is 20.6 Å². The van der Waals surface area contributed by atoms with Crippen molar-refractivity contribution in [2.75, 3.05) is 6.61 Å². The van der Waals surface area contributed by atoms with E-state index >= 15 is 0 Å². The summed E-state index contributed by atoms with van der Waals surface area (Å²) in [6.45, 7) is 4.26. The third kappa shape index (κ3) is 38.6. The first kappa shape index (κ1) is 50.1. The van der Waals surface area contributed by atoms with Crippen LogP contribution in [0.25, 0.3) is 0 Å². The van der Waals surface area contributed by atoms with Gasteiger partial charge in [0, 0.05) is 0 Å². The highest BCUT2D eigenvalue weighted by atomic mass is 16.3. The van der Waals surface area contributed by atoms with Crippen LogP contribution in [0.1, 0.15) is 251 Å². The number of carbonyl (C=O) groups excluding carboxylic acids is 1. The first-order chi connectivity index (χ1) is 25.0. The molecule has 0 aliphatic heterocycles. The summed E-state index contributed by atoms with van der Waals surface area (Å²) < 4.78 is 0. The van der Waals surface area contributed by atoms with Crippen LogP contribution in [0.4, 0.5) is 0 Å². The van der Waals surface area contributed by atoms with Crippen LogP contribution in [-0.2, 0) is 4.79 Å². The van der Waals surface area contributed by atoms with Crippen LogP contribution in [-0.4, -0.2) is 46.1 Å². The molecule has 3 atom stereocenters. The van der Waals surface area contributed by atoms with Crippen molar-refractivity contribution < 1.29 is 20.1 Å². The van der Waals surface area contributed by atoms with Gasteiger partial charge in [0.1, 0.15) is 0 Å². The highest BCUT2D eigenvalue weighted by Gasteiger charge is 2.21. The minimum atomic E-state index is -0.748. The number of carbonyl (C=O) groups is 1. The van der Waals surface area contributed by atoms with Crippen molar-refractivity contribution in [1.82, 2.24) is 5.32 Å². The summed E-state index contributed by atoms with van der Waals surface area (Å²) in [4.78, 5) is 12.4. The molecular formula is C46H91NO4. The zero-order chi connectivity index (χ0) is 37.3. The Kier molecular flexibility index (Phi) is 41.1. The molecule has 0 radical (unpaired) electrons. The summed E-state index contributed by atoms with van der Waals surface area (Å²) in [5, 5.41) is 33.4. The zero-order valence-electron chi connectivity index (χ0n) is 34.5. The van der Waals surface area contributed by atoms with E-state index in [1.807, 2.05) is 0 Å². The van der Waals surface area contributed by atoms with E-state index in [9.17, 15) is 20.1 Å². The van der Waals surface area contributed by atoms with E-state index < -0.39 is 18.2 Å². The molecule has 0 aliphatic rings. The molecule has 0 heterocycles. The minimum Gasteiger partial charge on any atom is -0.394 e. The number of allylic oxidation sites excluding steroid dienone is 2. The SMILES string of the molecule is CCCCCC/C=C\CCCCCCCC(O)CC(=O)NC(CO)C(O)CCCCCCCCCCCCCCCCCCCCCCCCC. The Hall–Kier alpha value is -0.910. The summed E-state index contributed by atoms with van der Waals surface area (Å²) in [5.41, 5.74) is 0. The number of hydrogen-bond acceptors (Lipinski definition) is 4. The molecule has 0 aromatic rings. The van der Waals surface area contributed by atoms with E-state index in [4.69, 9.17) is 0 Å². The summed E-state index contributed by atoms with van der Waals surface area (Å²) in [6.07, 6.45) is 49.0. The normalized spacial score (nSPS) is 13.6. The minimum absolute atomic E-state index is 0.0334. The summed E-state index contributed by atoms with van der Waals surface area (Å²) in [6, 6.07) is -0.658. The van der Waals surface area contributed by atoms with Crippen molar-refractivity contribution in [3.63, 3.8) is 0 Å². The van der Waals surface area contributed by atoms with Gasteiger partial charge in [0.05, 0.1) is 31.3 Å². The first-order valence-electron chi connectivity index (χ1n) is 23.0. The molecule has 5 heteroatoms. The fourth-order valence-electron chi connectivity index (χ4n) is 7.28. The molecule has 0 aromatic heterocycles. The average Bonchev–Trinajstić information content (AvgIpc) is 3.12. The molecule has 304 valence electrons. The summed E-state index contributed by atoms with van der Waals surface area (Å²) in [5.74, 6) is -0.286. The van der Waals surface area contributed by atoms with Crippen LogP contribution >= 0.6 is 0 Å². The summed E-state index contributed by atoms with van der Waals surface area (Å²) >= 11 is 0. The predicted octanol–water partition coefficient (Wildman–Crippen LogP) is 13.2. The molecule has 3 unspecified atom stereocenters. The highest BCUT2D eigenvalue weighted by molar-refractivity contribution is 5.76. The number of aliphatic hydroxyl groups excluding tert-OH is 3. The molecule has 0 saturated heterocycles. The number of amides is 1. The van der Waals surface area contributed by atoms with Gasteiger partial charge in [0.15, 0.2) is 0 Å². The van der Waals surface area contributed by atoms with Gasteiger partial charge in [-0.1, -0.05) is 219 Å². The maximum atomic E-state index is 12.4. The quantitative estimate of drug-likeness (QED) is 0.0373. The second-order valence-corrected chi connectivity index (χ2v) is 16.0. The standard InChI is InChI=1S/C46H91NO4/c1-3-5-7-9-11-13-15-17-18-19-20-21-22-23-24-25-26-28-30-32-34-36-38-40-45(50)44(42-48)47-46(51)41-43(49)39-37-35-33-31-29-27-16-14-12-10-8-6-4-2/h14,16,43-45,48-50H,3-13,15,17-42H2,1-2H3,(H,47,51)/b16-14-. The monoisotopic (exact) mass is 722 g/mol. The maximum Gasteiger partial charge on any atom is 0.222 e. The van der Waals surface area contributed by atoms with Crippen molar-refractivity contribution >= 4 is 5.91 Å². The topological polar surface area (TPSA) is 89.8 Å². The van der Waals surface area contributed by atoms with E-state index in [0.29, 0.717) is 12.8 Å². The molecule has 0 saturated carbocycles. The van der Waals surface area contributed by atoms with E-state index in [-0.39, 0.29) is 18.9 Å². The lowest BCUT2D eigenvalue weighted by molar-refractivity contribution is -0.125. The smallest absolute Gasteiger partial charge is 0.222 e. The van der Waals surface area contributed by atoms with Gasteiger partial charge >= 0.3 is 0 Å². The molecule has 51 heavy (non-hydrogen) atoms. The lowest BCUT2D eigenvalue weighted by Crippen LogP contribution is -2.46. The summed E-state index contributed by atoms with van der Waals surface area (Å²) in [7, 11) is 0. The van der Waals surface area contributed by atoms with Crippen molar-refractivity contribution in [3.8, 4) is 0 Å². The van der Waals surface area contributed by atoms with Gasteiger partial charge in [-0.2, -0.15) is 0 Å². The number of unbranched alkanes of at least 4 members (excludes halogenated alkanes) is 31. The Morgan fingerprint density at radius 1 is 0.471 bits per heavy atom. The fraction of sp³-hybridized carbons (Fsp3) is 0.935. The molecule has 0 rings (SSSR count). The Balaban J connectivity index is 3.56. The third-order valence-electron chi connectivity index (χ3n) is 10.8. The van der Waals surface area contributed by atoms with Gasteiger partial charge in [-0.25, -0.2) is 0 Å². The average molecular weight is 722 g/mol. The van der Waals surface area contributed by atoms with Gasteiger partial charge in [0.25, 0.3) is 0 Å². The molecule has 0 aromatic carbocycles. The van der Waals surface area contributed by atoms with Crippen LogP contribution in [0.15, 0.2) is 12.2 Å². The Morgan fingerprint density at radius 2 is 0.784 bits per heavy atom. The largest absolute Gasteiger partial charge is 0.394 e. The molecule has 4 N–H and O–H groups in total. The van der Waals surface area contributed by atoms with E-state index in [2.05, 4.69) is 31.3 Å². The lowest BCUT2D eigenvalue weighted by atomic mass is 10.0. The van der Waals surface area contributed by atoms with Crippen LogP contribution in [0.3, 0.4) is 0 Å². The van der Waals surface area contributed by atoms with Crippen molar-refractivity contribution in [3.05, 3.63) is 12.2 Å². The van der Waals surface area contributed by atoms with Crippen molar-refractivity contribution in [2.24, 2.45) is 0 Å². The number of aliphatic hydroxyl groups is 3. The third-order valence-corrected chi connectivity index (χ3v) is 10.8. The van der Waals surface area contributed by atoms with E-state index in [0.717, 1.165) is 32.1 Å². The van der Waals surface area contributed by atoms with Crippen LogP contribution in [0, 0.1) is 0 Å². The Morgan fingerprint density at radius 3 is 1.16 bits per heavy atom. The van der Waals surface area contributed by atoms with Gasteiger partial charge in [-0.3, -0.25) is 4.79 Å². The van der Waals surface area contributed by atoms with Gasteiger partial charge in [-0.15, -0.1) is 0 Å². The first-order valence-corrected chi connectivity index (χ1v) is 23.0. The van der Waals surface area contributed by atoms with Crippen LogP contribution in [0.5, 0.6) is 0 Å². The Bertz CT molecular complexity index is 713. The molecule has 0 bridgehead atoms. The predicted molar refractivity (Wildman–Crippen MR) is 222 cm³/mol. The highest BCUT2D eigenvalue weighted by Crippen LogP contribution is 2.17. The fourth-order valence-corrected chi connectivity index (χ4v) is 7.28. The van der Waals surface area contributed by atoms with E-state index in [1.165, 1.54) is 186 Å². The van der Waals surface area contributed by atoms with Crippen molar-refractivity contribution in [2.45, 2.75) is 270 Å². The molecule has 1 amide bonds. The number of rotatable bonds is 42. The molecule has 5 nitrogen and oxygen atoms in total. The number of nitrogens with one attached hydrogen (secondary N) is 1. The van der Waals surface area contributed by atoms with Crippen molar-refractivity contribution in [1.29, 1.82) is 0 Å². The lowest BCUT2D eigenvalue weighted by Gasteiger charge is -2.23. The maximum absolute atomic E-state index is 12.4. The number of hydrogen-bond donors (Lipinski definition) is 4. The van der Waals surface area contributed by atoms with E-state index in [1.54, 1.807) is 0 Å². The van der Waals surface area contributed by atoms with Gasteiger partial charge in [-0.05, 0) is 38.5 Å². The van der Waals surface area contributed by atoms with Gasteiger partial charge in [0.2, 0.25) is 5.91 Å². The van der Waals surface area contributed by atoms with Crippen LogP contribution < -0.4 is 5.32 Å². The molecular weight excluding hydrogens is 631 g/mol. The van der Waals surface area contributed by atoms with Crippen LogP contribution in [0.2, 0.25) is 0 Å².